The van der Waals surface area contributed by atoms with Crippen LogP contribution in [0.15, 0.2) is 48.7 Å². The molecular weight excluding hydrogens is 392 g/mol. The van der Waals surface area contributed by atoms with E-state index in [0.717, 1.165) is 31.3 Å². The monoisotopic (exact) mass is 422 g/mol. The number of carbonyl (C=O) groups excluding carboxylic acids is 2. The fraction of sp³-hybridized carbons (Fsp3) is 0.375. The Hall–Kier alpha value is -3.35. The maximum absolute atomic E-state index is 12.5. The van der Waals surface area contributed by atoms with Crippen LogP contribution < -0.4 is 15.4 Å². The van der Waals surface area contributed by atoms with E-state index in [0.29, 0.717) is 42.4 Å². The van der Waals surface area contributed by atoms with Gasteiger partial charge in [-0.25, -0.2) is 4.98 Å². The summed E-state index contributed by atoms with van der Waals surface area (Å²) in [5, 5.41) is 5.88. The predicted molar refractivity (Wildman–Crippen MR) is 122 cm³/mol. The van der Waals surface area contributed by atoms with Crippen molar-refractivity contribution in [2.45, 2.75) is 46.0 Å². The molecule has 164 valence electrons. The van der Waals surface area contributed by atoms with Crippen molar-refractivity contribution in [3.63, 3.8) is 0 Å². The zero-order valence-electron chi connectivity index (χ0n) is 18.2. The van der Waals surface area contributed by atoms with Crippen LogP contribution in [0, 0.1) is 6.92 Å². The number of rotatable bonds is 11. The molecule has 3 rings (SSSR count). The number of nitrogens with zero attached hydrogens (tertiary/aromatic N) is 2. The van der Waals surface area contributed by atoms with Crippen LogP contribution in [0.2, 0.25) is 0 Å². The van der Waals surface area contributed by atoms with E-state index in [-0.39, 0.29) is 11.8 Å². The topological polar surface area (TPSA) is 84.7 Å². The Balaban J connectivity index is 1.37. The van der Waals surface area contributed by atoms with Crippen LogP contribution in [0.25, 0.3) is 5.65 Å². The van der Waals surface area contributed by atoms with Gasteiger partial charge in [-0.15, -0.1) is 0 Å². The first kappa shape index (κ1) is 22.3. The number of imidazole rings is 1. The fourth-order valence-corrected chi connectivity index (χ4v) is 3.38. The molecule has 0 atom stereocenters. The molecule has 0 bridgehead atoms. The van der Waals surface area contributed by atoms with E-state index >= 15 is 0 Å². The predicted octanol–water partition coefficient (Wildman–Crippen LogP) is 4.36. The highest BCUT2D eigenvalue weighted by molar-refractivity contribution is 5.94. The van der Waals surface area contributed by atoms with Crippen molar-refractivity contribution in [1.29, 1.82) is 0 Å². The molecule has 0 unspecified atom stereocenters. The van der Waals surface area contributed by atoms with E-state index in [4.69, 9.17) is 4.74 Å². The van der Waals surface area contributed by atoms with E-state index in [9.17, 15) is 9.59 Å². The number of aromatic nitrogens is 2. The molecule has 0 fully saturated rings. The van der Waals surface area contributed by atoms with E-state index in [1.54, 1.807) is 4.40 Å². The average Bonchev–Trinajstić information content (AvgIpc) is 3.11. The third-order valence-electron chi connectivity index (χ3n) is 4.91. The van der Waals surface area contributed by atoms with Crippen LogP contribution in [0.3, 0.4) is 0 Å². The number of unbranched alkanes of at least 4 members (excludes halogenated alkanes) is 2. The second-order valence-electron chi connectivity index (χ2n) is 7.43. The zero-order valence-corrected chi connectivity index (χ0v) is 18.2. The first-order valence-electron chi connectivity index (χ1n) is 10.8. The summed E-state index contributed by atoms with van der Waals surface area (Å²) in [6.07, 6.45) is 5.61. The SMILES string of the molecule is CCCOc1ccccc1NC(=O)CCCCCNC(=O)c1c(C)nc2ccccn12. The Morgan fingerprint density at radius 3 is 2.71 bits per heavy atom. The summed E-state index contributed by atoms with van der Waals surface area (Å²) in [5.74, 6) is 0.540. The molecule has 0 saturated heterocycles. The minimum absolute atomic E-state index is 0.0297. The van der Waals surface area contributed by atoms with Gasteiger partial charge >= 0.3 is 0 Å². The molecule has 0 spiro atoms. The Labute approximate surface area is 182 Å². The minimum atomic E-state index is -0.127. The van der Waals surface area contributed by atoms with Gasteiger partial charge in [0.2, 0.25) is 5.91 Å². The number of benzene rings is 1. The first-order valence-corrected chi connectivity index (χ1v) is 10.8. The molecule has 0 aliphatic carbocycles. The van der Waals surface area contributed by atoms with Crippen molar-refractivity contribution < 1.29 is 14.3 Å². The second-order valence-corrected chi connectivity index (χ2v) is 7.43. The zero-order chi connectivity index (χ0) is 22.1. The smallest absolute Gasteiger partial charge is 0.270 e. The number of anilines is 1. The van der Waals surface area contributed by atoms with Crippen molar-refractivity contribution in [3.05, 3.63) is 60.0 Å². The van der Waals surface area contributed by atoms with Gasteiger partial charge in [-0.1, -0.05) is 31.5 Å². The highest BCUT2D eigenvalue weighted by Gasteiger charge is 2.15. The van der Waals surface area contributed by atoms with Gasteiger partial charge in [0.1, 0.15) is 17.1 Å². The minimum Gasteiger partial charge on any atom is -0.491 e. The Morgan fingerprint density at radius 2 is 1.87 bits per heavy atom. The summed E-state index contributed by atoms with van der Waals surface area (Å²) in [7, 11) is 0. The first-order chi connectivity index (χ1) is 15.1. The summed E-state index contributed by atoms with van der Waals surface area (Å²) in [6, 6.07) is 13.1. The van der Waals surface area contributed by atoms with Gasteiger partial charge in [-0.3, -0.25) is 14.0 Å². The molecule has 7 heteroatoms. The molecule has 2 amide bonds. The Kier molecular flexibility index (Phi) is 8.04. The highest BCUT2D eigenvalue weighted by atomic mass is 16.5. The van der Waals surface area contributed by atoms with Gasteiger partial charge in [-0.05, 0) is 50.5 Å². The average molecular weight is 423 g/mol. The maximum Gasteiger partial charge on any atom is 0.270 e. The third kappa shape index (κ3) is 6.07. The van der Waals surface area contributed by atoms with Crippen LogP contribution in [0.4, 0.5) is 5.69 Å². The van der Waals surface area contributed by atoms with Crippen LogP contribution in [-0.4, -0.2) is 34.4 Å². The molecule has 2 heterocycles. The summed E-state index contributed by atoms with van der Waals surface area (Å²) in [6.45, 7) is 5.06. The van der Waals surface area contributed by atoms with E-state index in [1.807, 2.05) is 62.5 Å². The maximum atomic E-state index is 12.5. The van der Waals surface area contributed by atoms with Crippen LogP contribution in [-0.2, 0) is 4.79 Å². The molecular formula is C24H30N4O3. The molecule has 0 saturated carbocycles. The van der Waals surface area contributed by atoms with Gasteiger partial charge in [0.05, 0.1) is 18.0 Å². The van der Waals surface area contributed by atoms with Crippen LogP contribution in [0.5, 0.6) is 5.75 Å². The lowest BCUT2D eigenvalue weighted by Crippen LogP contribution is -2.26. The largest absolute Gasteiger partial charge is 0.491 e. The number of hydrogen-bond donors (Lipinski definition) is 2. The van der Waals surface area contributed by atoms with E-state index < -0.39 is 0 Å². The van der Waals surface area contributed by atoms with E-state index in [1.165, 1.54) is 0 Å². The van der Waals surface area contributed by atoms with Gasteiger partial charge in [0.15, 0.2) is 0 Å². The number of ether oxygens (including phenoxy) is 1. The lowest BCUT2D eigenvalue weighted by Gasteiger charge is -2.12. The number of amides is 2. The van der Waals surface area contributed by atoms with Gasteiger partial charge in [-0.2, -0.15) is 0 Å². The normalized spacial score (nSPS) is 10.8. The molecule has 0 aliphatic heterocycles. The summed E-state index contributed by atoms with van der Waals surface area (Å²) in [4.78, 5) is 29.2. The highest BCUT2D eigenvalue weighted by Crippen LogP contribution is 2.24. The molecule has 2 N–H and O–H groups in total. The summed E-state index contributed by atoms with van der Waals surface area (Å²) in [5.41, 5.74) is 2.75. The molecule has 31 heavy (non-hydrogen) atoms. The van der Waals surface area contributed by atoms with Crippen molar-refractivity contribution >= 4 is 23.1 Å². The molecule has 3 aromatic rings. The van der Waals surface area contributed by atoms with Crippen molar-refractivity contribution in [3.8, 4) is 5.75 Å². The number of hydrogen-bond acceptors (Lipinski definition) is 4. The Morgan fingerprint density at radius 1 is 1.06 bits per heavy atom. The molecule has 2 aromatic heterocycles. The molecule has 0 radical (unpaired) electrons. The second kappa shape index (κ2) is 11.2. The fourth-order valence-electron chi connectivity index (χ4n) is 3.38. The van der Waals surface area contributed by atoms with Gasteiger partial charge < -0.3 is 15.4 Å². The van der Waals surface area contributed by atoms with Crippen molar-refractivity contribution in [2.24, 2.45) is 0 Å². The lowest BCUT2D eigenvalue weighted by atomic mass is 10.2. The molecule has 7 nitrogen and oxygen atoms in total. The van der Waals surface area contributed by atoms with Crippen LogP contribution >= 0.6 is 0 Å². The van der Waals surface area contributed by atoms with Gasteiger partial charge in [0, 0.05) is 19.2 Å². The summed E-state index contributed by atoms with van der Waals surface area (Å²) < 4.78 is 7.47. The molecule has 1 aromatic carbocycles. The standard InChI is InChI=1S/C24H30N4O3/c1-3-17-31-20-12-7-6-11-19(20)27-22(29)14-5-4-9-15-25-24(30)23-18(2)26-21-13-8-10-16-28(21)23/h6-8,10-13,16H,3-5,9,14-15,17H2,1-2H3,(H,25,30)(H,27,29). The van der Waals surface area contributed by atoms with Crippen molar-refractivity contribution in [2.75, 3.05) is 18.5 Å². The van der Waals surface area contributed by atoms with E-state index in [2.05, 4.69) is 15.6 Å². The van der Waals surface area contributed by atoms with Crippen LogP contribution in [0.1, 0.15) is 55.2 Å². The number of nitrogens with one attached hydrogen (secondary N) is 2. The number of fused-ring (bicyclic) bond motifs is 1. The number of para-hydroxylation sites is 2. The third-order valence-corrected chi connectivity index (χ3v) is 4.91. The number of carbonyl (C=O) groups is 2. The van der Waals surface area contributed by atoms with Gasteiger partial charge in [0.25, 0.3) is 5.91 Å². The number of aryl methyl sites for hydroxylation is 1. The quantitative estimate of drug-likeness (QED) is 0.450. The Bertz CT molecular complexity index is 1030. The lowest BCUT2D eigenvalue weighted by molar-refractivity contribution is -0.116. The summed E-state index contributed by atoms with van der Waals surface area (Å²) >= 11 is 0. The molecule has 0 aliphatic rings. The van der Waals surface area contributed by atoms with Crippen molar-refractivity contribution in [1.82, 2.24) is 14.7 Å². The number of pyridine rings is 1.